The Labute approximate surface area is 129 Å². The van der Waals surface area contributed by atoms with Gasteiger partial charge < -0.3 is 15.5 Å². The van der Waals surface area contributed by atoms with E-state index in [0.29, 0.717) is 31.8 Å². The van der Waals surface area contributed by atoms with Crippen LogP contribution in [0, 0.1) is 5.41 Å². The van der Waals surface area contributed by atoms with Crippen LogP contribution in [0.1, 0.15) is 31.5 Å². The average molecular weight is 306 g/mol. The lowest BCUT2D eigenvalue weighted by Gasteiger charge is -2.37. The van der Waals surface area contributed by atoms with Crippen molar-refractivity contribution in [2.75, 3.05) is 32.4 Å². The van der Waals surface area contributed by atoms with Crippen LogP contribution in [-0.4, -0.2) is 63.5 Å². The van der Waals surface area contributed by atoms with E-state index in [1.807, 2.05) is 11.9 Å². The molecular formula is C14H22N6O2. The fourth-order valence-electron chi connectivity index (χ4n) is 3.54. The molecule has 3 N–H and O–H groups in total. The highest BCUT2D eigenvalue weighted by Gasteiger charge is 2.48. The first kappa shape index (κ1) is 14.8. The molecule has 2 amide bonds. The number of amides is 2. The van der Waals surface area contributed by atoms with E-state index >= 15 is 0 Å². The number of hydrogen-bond donors (Lipinski definition) is 2. The third kappa shape index (κ3) is 2.65. The Morgan fingerprint density at radius 2 is 2.23 bits per heavy atom. The monoisotopic (exact) mass is 306 g/mol. The maximum Gasteiger partial charge on any atom is 0.239 e. The van der Waals surface area contributed by atoms with Crippen molar-refractivity contribution < 1.29 is 9.59 Å². The van der Waals surface area contributed by atoms with Gasteiger partial charge in [-0.3, -0.25) is 14.7 Å². The zero-order chi connectivity index (χ0) is 15.7. The molecule has 2 aliphatic heterocycles. The largest absolute Gasteiger partial charge is 0.367 e. The van der Waals surface area contributed by atoms with Crippen LogP contribution >= 0.6 is 0 Å². The van der Waals surface area contributed by atoms with Gasteiger partial charge in [-0.1, -0.05) is 0 Å². The first-order valence-electron chi connectivity index (χ1n) is 7.70. The van der Waals surface area contributed by atoms with E-state index in [4.69, 9.17) is 5.73 Å². The molecule has 2 fully saturated rings. The molecule has 22 heavy (non-hydrogen) atoms. The highest BCUT2D eigenvalue weighted by molar-refractivity contribution is 5.86. The highest BCUT2D eigenvalue weighted by atomic mass is 16.2. The maximum absolute atomic E-state index is 12.5. The molecule has 0 aliphatic carbocycles. The number of carbonyl (C=O) groups excluding carboxylic acids is 2. The maximum atomic E-state index is 12.5. The fourth-order valence-corrected chi connectivity index (χ4v) is 3.54. The number of likely N-dealkylation sites (tertiary alicyclic amines) is 2. The number of piperidine rings is 1. The van der Waals surface area contributed by atoms with Gasteiger partial charge in [0.15, 0.2) is 0 Å². The van der Waals surface area contributed by atoms with E-state index in [2.05, 4.69) is 15.2 Å². The van der Waals surface area contributed by atoms with Gasteiger partial charge in [-0.15, -0.1) is 5.10 Å². The van der Waals surface area contributed by atoms with Crippen molar-refractivity contribution in [3.05, 3.63) is 5.82 Å². The second-order valence-corrected chi connectivity index (χ2v) is 6.32. The molecule has 3 heterocycles. The summed E-state index contributed by atoms with van der Waals surface area (Å²) in [5, 5.41) is 6.45. The molecule has 0 bridgehead atoms. The molecule has 120 valence electrons. The van der Waals surface area contributed by atoms with Crippen molar-refractivity contribution in [1.29, 1.82) is 0 Å². The third-order valence-corrected chi connectivity index (χ3v) is 4.78. The Morgan fingerprint density at radius 1 is 1.41 bits per heavy atom. The van der Waals surface area contributed by atoms with Gasteiger partial charge in [0.2, 0.25) is 17.8 Å². The molecule has 1 unspecified atom stereocenters. The van der Waals surface area contributed by atoms with E-state index in [1.165, 1.54) is 0 Å². The van der Waals surface area contributed by atoms with Crippen molar-refractivity contribution in [3.8, 4) is 0 Å². The molecule has 2 aliphatic rings. The average Bonchev–Trinajstić information content (AvgIpc) is 3.10. The summed E-state index contributed by atoms with van der Waals surface area (Å²) in [4.78, 5) is 32.4. The van der Waals surface area contributed by atoms with Crippen molar-refractivity contribution in [2.24, 2.45) is 5.41 Å². The van der Waals surface area contributed by atoms with Gasteiger partial charge in [0.1, 0.15) is 5.82 Å². The first-order chi connectivity index (χ1) is 10.5. The quantitative estimate of drug-likeness (QED) is 0.803. The van der Waals surface area contributed by atoms with Crippen molar-refractivity contribution >= 4 is 17.8 Å². The van der Waals surface area contributed by atoms with Gasteiger partial charge in [0.05, 0.1) is 5.41 Å². The topological polar surface area (TPSA) is 108 Å². The molecule has 3 rings (SSSR count). The van der Waals surface area contributed by atoms with E-state index in [-0.39, 0.29) is 23.2 Å². The number of aromatic amines is 1. The summed E-state index contributed by atoms with van der Waals surface area (Å²) >= 11 is 0. The zero-order valence-corrected chi connectivity index (χ0v) is 12.8. The Balaban J connectivity index is 1.57. The lowest BCUT2D eigenvalue weighted by atomic mass is 9.78. The first-order valence-corrected chi connectivity index (χ1v) is 7.70. The number of nitrogens with two attached hydrogens (primary N) is 1. The number of anilines is 1. The molecule has 0 radical (unpaired) electrons. The Bertz CT molecular complexity index is 586. The van der Waals surface area contributed by atoms with E-state index in [1.54, 1.807) is 4.90 Å². The minimum absolute atomic E-state index is 0.0628. The van der Waals surface area contributed by atoms with Crippen LogP contribution in [0.2, 0.25) is 0 Å². The molecular weight excluding hydrogens is 284 g/mol. The van der Waals surface area contributed by atoms with Crippen LogP contribution in [-0.2, 0) is 16.0 Å². The number of hydrogen-bond acceptors (Lipinski definition) is 5. The molecule has 0 saturated carbocycles. The van der Waals surface area contributed by atoms with E-state index in [9.17, 15) is 9.59 Å². The highest BCUT2D eigenvalue weighted by Crippen LogP contribution is 2.39. The number of nitrogen functional groups attached to an aromatic ring is 1. The normalized spacial score (nSPS) is 25.2. The summed E-state index contributed by atoms with van der Waals surface area (Å²) in [6.07, 6.45) is 3.52. The number of nitrogens with one attached hydrogen (secondary N) is 1. The molecule has 1 atom stereocenters. The Kier molecular flexibility index (Phi) is 3.76. The second-order valence-electron chi connectivity index (χ2n) is 6.32. The lowest BCUT2D eigenvalue weighted by molar-refractivity contribution is -0.144. The standard InChI is InChI=1S/C14H22N6O2/c1-19-7-2-5-14(12(19)22)6-8-20(9-14)11(21)4-3-10-16-13(15)18-17-10/h2-9H2,1H3,(H3,15,16,17,18). The van der Waals surface area contributed by atoms with E-state index in [0.717, 1.165) is 25.8 Å². The third-order valence-electron chi connectivity index (χ3n) is 4.78. The molecule has 0 aromatic carbocycles. The molecule has 8 nitrogen and oxygen atoms in total. The second kappa shape index (κ2) is 5.58. The molecule has 1 aromatic rings. The van der Waals surface area contributed by atoms with Gasteiger partial charge in [-0.05, 0) is 19.3 Å². The fraction of sp³-hybridized carbons (Fsp3) is 0.714. The minimum atomic E-state index is -0.348. The predicted octanol–water partition coefficient (Wildman–Crippen LogP) is -0.210. The van der Waals surface area contributed by atoms with E-state index < -0.39 is 0 Å². The molecule has 8 heteroatoms. The van der Waals surface area contributed by atoms with Gasteiger partial charge in [0.25, 0.3) is 0 Å². The summed E-state index contributed by atoms with van der Waals surface area (Å²) in [6.45, 7) is 2.03. The van der Waals surface area contributed by atoms with Gasteiger partial charge in [-0.25, -0.2) is 0 Å². The van der Waals surface area contributed by atoms with Crippen LogP contribution < -0.4 is 5.73 Å². The number of H-pyrrole nitrogens is 1. The van der Waals surface area contributed by atoms with Crippen LogP contribution in [0.5, 0.6) is 0 Å². The zero-order valence-electron chi connectivity index (χ0n) is 12.8. The molecule has 1 spiro atoms. The number of carbonyl (C=O) groups is 2. The molecule has 1 aromatic heterocycles. The summed E-state index contributed by atoms with van der Waals surface area (Å²) in [5.74, 6) is 1.07. The summed E-state index contributed by atoms with van der Waals surface area (Å²) < 4.78 is 0. The number of aromatic nitrogens is 3. The van der Waals surface area contributed by atoms with Gasteiger partial charge in [-0.2, -0.15) is 4.98 Å². The Morgan fingerprint density at radius 3 is 2.95 bits per heavy atom. The number of rotatable bonds is 3. The van der Waals surface area contributed by atoms with Crippen LogP contribution in [0.4, 0.5) is 5.95 Å². The smallest absolute Gasteiger partial charge is 0.239 e. The van der Waals surface area contributed by atoms with Crippen molar-refractivity contribution in [2.45, 2.75) is 32.1 Å². The minimum Gasteiger partial charge on any atom is -0.367 e. The number of nitrogens with zero attached hydrogens (tertiary/aromatic N) is 4. The Hall–Kier alpha value is -2.12. The predicted molar refractivity (Wildman–Crippen MR) is 79.6 cm³/mol. The SMILES string of the molecule is CN1CCCC2(CCN(C(=O)CCc3nc(N)n[nH]3)C2)C1=O. The van der Waals surface area contributed by atoms with Crippen molar-refractivity contribution in [3.63, 3.8) is 0 Å². The van der Waals surface area contributed by atoms with Gasteiger partial charge >= 0.3 is 0 Å². The summed E-state index contributed by atoms with van der Waals surface area (Å²) in [5.41, 5.74) is 5.09. The summed E-state index contributed by atoms with van der Waals surface area (Å²) in [6, 6.07) is 0. The van der Waals surface area contributed by atoms with Crippen LogP contribution in [0.3, 0.4) is 0 Å². The van der Waals surface area contributed by atoms with Gasteiger partial charge in [0, 0.05) is 39.5 Å². The number of aryl methyl sites for hydroxylation is 1. The molecule has 2 saturated heterocycles. The lowest BCUT2D eigenvalue weighted by Crippen LogP contribution is -2.48. The van der Waals surface area contributed by atoms with Crippen LogP contribution in [0.25, 0.3) is 0 Å². The van der Waals surface area contributed by atoms with Crippen molar-refractivity contribution in [1.82, 2.24) is 25.0 Å². The summed E-state index contributed by atoms with van der Waals surface area (Å²) in [7, 11) is 1.85. The van der Waals surface area contributed by atoms with Crippen LogP contribution in [0.15, 0.2) is 0 Å².